The van der Waals surface area contributed by atoms with Crippen LogP contribution < -0.4 is 5.32 Å². The molecule has 1 fully saturated rings. The van der Waals surface area contributed by atoms with Crippen LogP contribution in [0.25, 0.3) is 16.9 Å². The van der Waals surface area contributed by atoms with Gasteiger partial charge in [0.25, 0.3) is 0 Å². The molecule has 1 atom stereocenters. The van der Waals surface area contributed by atoms with E-state index in [1.54, 1.807) is 6.20 Å². The summed E-state index contributed by atoms with van der Waals surface area (Å²) in [6, 6.07) is 11.4. The zero-order valence-electron chi connectivity index (χ0n) is 16.2. The molecule has 0 radical (unpaired) electrons. The summed E-state index contributed by atoms with van der Waals surface area (Å²) in [5, 5.41) is 8.00. The SMILES string of the molecule is Cc1ccccc1-c1nn(-c2ccc(F)cc2F)cc1CNC[C@H]1COCCO1. The first kappa shape index (κ1) is 19.7. The average molecular weight is 399 g/mol. The Bertz CT molecular complexity index is 984. The van der Waals surface area contributed by atoms with Gasteiger partial charge in [-0.1, -0.05) is 24.3 Å². The Labute approximate surface area is 168 Å². The molecule has 2 aromatic carbocycles. The fourth-order valence-electron chi connectivity index (χ4n) is 3.42. The Morgan fingerprint density at radius 2 is 2.03 bits per heavy atom. The molecule has 0 bridgehead atoms. The van der Waals surface area contributed by atoms with E-state index in [9.17, 15) is 8.78 Å². The first-order valence-electron chi connectivity index (χ1n) is 9.62. The van der Waals surface area contributed by atoms with Gasteiger partial charge in [-0.15, -0.1) is 0 Å². The third-order valence-electron chi connectivity index (χ3n) is 4.92. The van der Waals surface area contributed by atoms with Crippen LogP contribution in [0.1, 0.15) is 11.1 Å². The van der Waals surface area contributed by atoms with Crippen molar-refractivity contribution in [2.45, 2.75) is 19.6 Å². The molecule has 1 N–H and O–H groups in total. The smallest absolute Gasteiger partial charge is 0.151 e. The number of halogens is 2. The predicted octanol–water partition coefficient (Wildman–Crippen LogP) is 3.63. The molecule has 152 valence electrons. The monoisotopic (exact) mass is 399 g/mol. The summed E-state index contributed by atoms with van der Waals surface area (Å²) in [5.74, 6) is -1.27. The van der Waals surface area contributed by atoms with Crippen molar-refractivity contribution >= 4 is 0 Å². The number of hydrogen-bond donors (Lipinski definition) is 1. The molecule has 3 aromatic rings. The van der Waals surface area contributed by atoms with Crippen LogP contribution in [0, 0.1) is 18.6 Å². The van der Waals surface area contributed by atoms with E-state index >= 15 is 0 Å². The normalized spacial score (nSPS) is 16.9. The van der Waals surface area contributed by atoms with E-state index in [1.165, 1.54) is 16.8 Å². The molecular formula is C22H23F2N3O2. The molecule has 0 saturated carbocycles. The fourth-order valence-corrected chi connectivity index (χ4v) is 3.42. The standard InChI is InChI=1S/C22H23F2N3O2/c1-15-4-2-3-5-19(15)22-16(11-25-12-18-14-28-8-9-29-18)13-27(26-22)21-7-6-17(23)10-20(21)24/h2-7,10,13,18,25H,8-9,11-12,14H2,1H3/t18-/m0/s1. The molecule has 0 aliphatic carbocycles. The Balaban J connectivity index is 1.62. The maximum Gasteiger partial charge on any atom is 0.151 e. The van der Waals surface area contributed by atoms with Crippen LogP contribution in [0.15, 0.2) is 48.7 Å². The molecule has 2 heterocycles. The summed E-state index contributed by atoms with van der Waals surface area (Å²) >= 11 is 0. The van der Waals surface area contributed by atoms with Crippen LogP contribution in [-0.2, 0) is 16.0 Å². The molecule has 1 aliphatic rings. The minimum absolute atomic E-state index is 0.00949. The van der Waals surface area contributed by atoms with E-state index in [2.05, 4.69) is 10.4 Å². The molecule has 5 nitrogen and oxygen atoms in total. The van der Waals surface area contributed by atoms with E-state index in [0.717, 1.165) is 28.5 Å². The molecular weight excluding hydrogens is 376 g/mol. The van der Waals surface area contributed by atoms with E-state index in [1.807, 2.05) is 31.2 Å². The van der Waals surface area contributed by atoms with E-state index in [4.69, 9.17) is 9.47 Å². The second-order valence-corrected chi connectivity index (χ2v) is 7.06. The first-order valence-corrected chi connectivity index (χ1v) is 9.62. The van der Waals surface area contributed by atoms with Crippen LogP contribution >= 0.6 is 0 Å². The van der Waals surface area contributed by atoms with Crippen molar-refractivity contribution < 1.29 is 18.3 Å². The molecule has 0 unspecified atom stereocenters. The second kappa shape index (κ2) is 8.82. The van der Waals surface area contributed by atoms with Gasteiger partial charge >= 0.3 is 0 Å². The Morgan fingerprint density at radius 1 is 1.17 bits per heavy atom. The van der Waals surface area contributed by atoms with Crippen molar-refractivity contribution in [1.29, 1.82) is 0 Å². The lowest BCUT2D eigenvalue weighted by molar-refractivity contribution is -0.0864. The third kappa shape index (κ3) is 4.53. The third-order valence-corrected chi connectivity index (χ3v) is 4.92. The lowest BCUT2D eigenvalue weighted by Gasteiger charge is -2.23. The predicted molar refractivity (Wildman–Crippen MR) is 106 cm³/mol. The maximum absolute atomic E-state index is 14.3. The van der Waals surface area contributed by atoms with E-state index in [-0.39, 0.29) is 11.8 Å². The fraction of sp³-hybridized carbons (Fsp3) is 0.318. The number of nitrogens with one attached hydrogen (secondary N) is 1. The summed E-state index contributed by atoms with van der Waals surface area (Å²) in [6.07, 6.45) is 1.79. The number of aryl methyl sites for hydroxylation is 1. The maximum atomic E-state index is 14.3. The number of nitrogens with zero attached hydrogens (tertiary/aromatic N) is 2. The van der Waals surface area contributed by atoms with Gasteiger partial charge in [-0.25, -0.2) is 13.5 Å². The van der Waals surface area contributed by atoms with Gasteiger partial charge in [0.15, 0.2) is 5.82 Å². The van der Waals surface area contributed by atoms with Crippen LogP contribution in [0.5, 0.6) is 0 Å². The van der Waals surface area contributed by atoms with Crippen LogP contribution in [0.4, 0.5) is 8.78 Å². The topological polar surface area (TPSA) is 48.3 Å². The van der Waals surface area contributed by atoms with Gasteiger partial charge in [-0.05, 0) is 24.6 Å². The zero-order valence-corrected chi connectivity index (χ0v) is 16.2. The van der Waals surface area contributed by atoms with Gasteiger partial charge in [0.05, 0.1) is 31.6 Å². The van der Waals surface area contributed by atoms with Crippen molar-refractivity contribution in [3.63, 3.8) is 0 Å². The lowest BCUT2D eigenvalue weighted by Crippen LogP contribution is -2.37. The highest BCUT2D eigenvalue weighted by atomic mass is 19.1. The van der Waals surface area contributed by atoms with Crippen LogP contribution in [0.3, 0.4) is 0 Å². The molecule has 1 aromatic heterocycles. The quantitative estimate of drug-likeness (QED) is 0.688. The van der Waals surface area contributed by atoms with E-state index < -0.39 is 11.6 Å². The van der Waals surface area contributed by atoms with Gasteiger partial charge in [0.1, 0.15) is 11.5 Å². The number of ether oxygens (including phenoxy) is 2. The van der Waals surface area contributed by atoms with Crippen molar-refractivity contribution in [3.05, 3.63) is 71.4 Å². The van der Waals surface area contributed by atoms with Crippen LogP contribution in [-0.4, -0.2) is 42.2 Å². The van der Waals surface area contributed by atoms with Gasteiger partial charge in [0, 0.05) is 36.5 Å². The summed E-state index contributed by atoms with van der Waals surface area (Å²) < 4.78 is 40.2. The summed E-state index contributed by atoms with van der Waals surface area (Å²) in [7, 11) is 0. The largest absolute Gasteiger partial charge is 0.376 e. The minimum atomic E-state index is -0.656. The molecule has 4 rings (SSSR count). The van der Waals surface area contributed by atoms with Gasteiger partial charge in [-0.3, -0.25) is 0 Å². The average Bonchev–Trinajstić information content (AvgIpc) is 3.13. The summed E-state index contributed by atoms with van der Waals surface area (Å²) in [6.45, 7) is 4.98. The van der Waals surface area contributed by atoms with Gasteiger partial charge in [-0.2, -0.15) is 5.10 Å². The molecule has 0 amide bonds. The van der Waals surface area contributed by atoms with Gasteiger partial charge in [0.2, 0.25) is 0 Å². The van der Waals surface area contributed by atoms with Crippen molar-refractivity contribution in [2.24, 2.45) is 0 Å². The van der Waals surface area contributed by atoms with Crippen molar-refractivity contribution in [3.8, 4) is 16.9 Å². The molecule has 7 heteroatoms. The number of benzene rings is 2. The second-order valence-electron chi connectivity index (χ2n) is 7.06. The highest BCUT2D eigenvalue weighted by Gasteiger charge is 2.18. The first-order chi connectivity index (χ1) is 14.1. The van der Waals surface area contributed by atoms with Crippen molar-refractivity contribution in [1.82, 2.24) is 15.1 Å². The molecule has 1 aliphatic heterocycles. The summed E-state index contributed by atoms with van der Waals surface area (Å²) in [4.78, 5) is 0. The minimum Gasteiger partial charge on any atom is -0.376 e. The number of hydrogen-bond acceptors (Lipinski definition) is 4. The molecule has 29 heavy (non-hydrogen) atoms. The number of rotatable bonds is 6. The highest BCUT2D eigenvalue weighted by molar-refractivity contribution is 5.66. The molecule has 0 spiro atoms. The summed E-state index contributed by atoms with van der Waals surface area (Å²) in [5.41, 5.74) is 3.93. The van der Waals surface area contributed by atoms with E-state index in [0.29, 0.717) is 32.9 Å². The Morgan fingerprint density at radius 3 is 2.79 bits per heavy atom. The lowest BCUT2D eigenvalue weighted by atomic mass is 10.0. The zero-order chi connectivity index (χ0) is 20.2. The Hall–Kier alpha value is -2.61. The number of aromatic nitrogens is 2. The highest BCUT2D eigenvalue weighted by Crippen LogP contribution is 2.27. The molecule has 1 saturated heterocycles. The van der Waals surface area contributed by atoms with Crippen LogP contribution in [0.2, 0.25) is 0 Å². The van der Waals surface area contributed by atoms with Crippen molar-refractivity contribution in [2.75, 3.05) is 26.4 Å². The van der Waals surface area contributed by atoms with Gasteiger partial charge < -0.3 is 14.8 Å². The Kier molecular flexibility index (Phi) is 5.99.